The zero-order valence-corrected chi connectivity index (χ0v) is 7.92. The van der Waals surface area contributed by atoms with Crippen molar-refractivity contribution >= 4 is 0 Å². The third-order valence-electron chi connectivity index (χ3n) is 1.78. The van der Waals surface area contributed by atoms with Crippen LogP contribution in [0.5, 0.6) is 5.75 Å². The van der Waals surface area contributed by atoms with Crippen molar-refractivity contribution in [3.05, 3.63) is 29.8 Å². The van der Waals surface area contributed by atoms with E-state index in [9.17, 15) is 13.2 Å². The summed E-state index contributed by atoms with van der Waals surface area (Å²) in [7, 11) is 0. The first kappa shape index (κ1) is 11.8. The quantitative estimate of drug-likeness (QED) is 0.844. The van der Waals surface area contributed by atoms with Crippen LogP contribution in [0.25, 0.3) is 0 Å². The fourth-order valence-corrected chi connectivity index (χ4v) is 1.14. The Kier molecular flexibility index (Phi) is 3.96. The Labute approximate surface area is 85.3 Å². The number of halogens is 3. The minimum atomic E-state index is -4.65. The largest absolute Gasteiger partial charge is 0.573 e. The SMILES string of the molecule is OCCCc1ccc(OC(F)(F)F)cc1. The van der Waals surface area contributed by atoms with E-state index in [0.29, 0.717) is 12.8 Å². The lowest BCUT2D eigenvalue weighted by atomic mass is 10.1. The fraction of sp³-hybridized carbons (Fsp3) is 0.400. The number of benzene rings is 1. The molecule has 0 fully saturated rings. The summed E-state index contributed by atoms with van der Waals surface area (Å²) < 4.78 is 39.1. The van der Waals surface area contributed by atoms with Crippen LogP contribution in [-0.4, -0.2) is 18.1 Å². The van der Waals surface area contributed by atoms with E-state index < -0.39 is 6.36 Å². The van der Waals surface area contributed by atoms with Crippen LogP contribution in [0.2, 0.25) is 0 Å². The molecule has 84 valence electrons. The van der Waals surface area contributed by atoms with E-state index in [1.54, 1.807) is 12.1 Å². The van der Waals surface area contributed by atoms with E-state index in [1.807, 2.05) is 0 Å². The van der Waals surface area contributed by atoms with Gasteiger partial charge >= 0.3 is 6.36 Å². The molecule has 0 atom stereocenters. The van der Waals surface area contributed by atoms with Gasteiger partial charge in [-0.1, -0.05) is 12.1 Å². The number of aliphatic hydroxyl groups excluding tert-OH is 1. The first-order valence-electron chi connectivity index (χ1n) is 4.47. The van der Waals surface area contributed by atoms with Gasteiger partial charge in [0.15, 0.2) is 0 Å². The van der Waals surface area contributed by atoms with Gasteiger partial charge < -0.3 is 9.84 Å². The van der Waals surface area contributed by atoms with Crippen LogP contribution in [0, 0.1) is 0 Å². The molecule has 0 aliphatic heterocycles. The van der Waals surface area contributed by atoms with Gasteiger partial charge in [-0.3, -0.25) is 0 Å². The lowest BCUT2D eigenvalue weighted by Gasteiger charge is -2.08. The van der Waals surface area contributed by atoms with Gasteiger partial charge in [0.25, 0.3) is 0 Å². The summed E-state index contributed by atoms with van der Waals surface area (Å²) in [6.07, 6.45) is -3.41. The molecule has 2 nitrogen and oxygen atoms in total. The molecule has 0 bridgehead atoms. The fourth-order valence-electron chi connectivity index (χ4n) is 1.14. The van der Waals surface area contributed by atoms with Crippen molar-refractivity contribution in [2.45, 2.75) is 19.2 Å². The summed E-state index contributed by atoms with van der Waals surface area (Å²) >= 11 is 0. The molecule has 1 N–H and O–H groups in total. The molecule has 1 aromatic carbocycles. The lowest BCUT2D eigenvalue weighted by molar-refractivity contribution is -0.274. The number of aryl methyl sites for hydroxylation is 1. The molecule has 0 aliphatic rings. The van der Waals surface area contributed by atoms with Gasteiger partial charge in [0.05, 0.1) is 0 Å². The van der Waals surface area contributed by atoms with E-state index in [-0.39, 0.29) is 12.4 Å². The number of hydrogen-bond donors (Lipinski definition) is 1. The second kappa shape index (κ2) is 5.02. The molecule has 0 radical (unpaired) electrons. The van der Waals surface area contributed by atoms with Gasteiger partial charge in [0.1, 0.15) is 5.75 Å². The second-order valence-corrected chi connectivity index (χ2v) is 3.02. The number of hydrogen-bond acceptors (Lipinski definition) is 2. The highest BCUT2D eigenvalue weighted by Crippen LogP contribution is 2.22. The Bertz CT molecular complexity index is 293. The molecule has 0 aliphatic carbocycles. The first-order valence-corrected chi connectivity index (χ1v) is 4.47. The van der Waals surface area contributed by atoms with Crippen molar-refractivity contribution in [2.75, 3.05) is 6.61 Å². The number of rotatable bonds is 4. The predicted molar refractivity (Wildman–Crippen MR) is 48.5 cm³/mol. The highest BCUT2D eigenvalue weighted by atomic mass is 19.4. The Morgan fingerprint density at radius 1 is 1.13 bits per heavy atom. The molecule has 0 saturated carbocycles. The second-order valence-electron chi connectivity index (χ2n) is 3.02. The molecule has 0 saturated heterocycles. The van der Waals surface area contributed by atoms with Crippen molar-refractivity contribution in [3.8, 4) is 5.75 Å². The monoisotopic (exact) mass is 220 g/mol. The maximum absolute atomic E-state index is 11.8. The predicted octanol–water partition coefficient (Wildman–Crippen LogP) is 2.51. The minimum absolute atomic E-state index is 0.0702. The molecule has 0 heterocycles. The molecule has 5 heteroatoms. The molecular weight excluding hydrogens is 209 g/mol. The van der Waals surface area contributed by atoms with Gasteiger partial charge in [-0.25, -0.2) is 0 Å². The lowest BCUT2D eigenvalue weighted by Crippen LogP contribution is -2.17. The first-order chi connectivity index (χ1) is 7.01. The zero-order chi connectivity index (χ0) is 11.3. The van der Waals surface area contributed by atoms with Crippen molar-refractivity contribution in [1.29, 1.82) is 0 Å². The van der Waals surface area contributed by atoms with Crippen LogP contribution in [0.4, 0.5) is 13.2 Å². The van der Waals surface area contributed by atoms with Crippen LogP contribution in [0.3, 0.4) is 0 Å². The standard InChI is InChI=1S/C10H11F3O2/c11-10(12,13)15-9-5-3-8(4-6-9)2-1-7-14/h3-6,14H,1-2,7H2. The summed E-state index contributed by atoms with van der Waals surface area (Å²) in [6.45, 7) is 0.0702. The summed E-state index contributed by atoms with van der Waals surface area (Å²) in [4.78, 5) is 0. The average Bonchev–Trinajstić information content (AvgIpc) is 2.14. The van der Waals surface area contributed by atoms with Gasteiger partial charge in [-0.2, -0.15) is 0 Å². The molecule has 15 heavy (non-hydrogen) atoms. The molecule has 0 aromatic heterocycles. The molecule has 0 amide bonds. The summed E-state index contributed by atoms with van der Waals surface area (Å²) in [5.74, 6) is -0.227. The Morgan fingerprint density at radius 2 is 1.73 bits per heavy atom. The third kappa shape index (κ3) is 4.69. The number of aliphatic hydroxyl groups is 1. The van der Waals surface area contributed by atoms with Gasteiger partial charge in [-0.05, 0) is 30.5 Å². The molecule has 1 aromatic rings. The summed E-state index contributed by atoms with van der Waals surface area (Å²) in [5.41, 5.74) is 0.874. The highest BCUT2D eigenvalue weighted by molar-refractivity contribution is 5.27. The van der Waals surface area contributed by atoms with Gasteiger partial charge in [0, 0.05) is 6.61 Å². The van der Waals surface area contributed by atoms with Crippen LogP contribution >= 0.6 is 0 Å². The molecule has 0 unspecified atom stereocenters. The number of ether oxygens (including phenoxy) is 1. The maximum Gasteiger partial charge on any atom is 0.573 e. The van der Waals surface area contributed by atoms with Crippen molar-refractivity contribution in [3.63, 3.8) is 0 Å². The van der Waals surface area contributed by atoms with Crippen molar-refractivity contribution in [1.82, 2.24) is 0 Å². The Morgan fingerprint density at radius 3 is 2.20 bits per heavy atom. The van der Waals surface area contributed by atoms with Gasteiger partial charge in [-0.15, -0.1) is 13.2 Å². The van der Waals surface area contributed by atoms with E-state index in [1.165, 1.54) is 12.1 Å². The van der Waals surface area contributed by atoms with Crippen LogP contribution in [-0.2, 0) is 6.42 Å². The van der Waals surface area contributed by atoms with E-state index in [0.717, 1.165) is 5.56 Å². The summed E-state index contributed by atoms with van der Waals surface area (Å²) in [5, 5.41) is 8.56. The average molecular weight is 220 g/mol. The Balaban J connectivity index is 2.56. The number of alkyl halides is 3. The van der Waals surface area contributed by atoms with E-state index >= 15 is 0 Å². The van der Waals surface area contributed by atoms with Crippen LogP contribution in [0.1, 0.15) is 12.0 Å². The van der Waals surface area contributed by atoms with Gasteiger partial charge in [0.2, 0.25) is 0 Å². The van der Waals surface area contributed by atoms with Crippen LogP contribution < -0.4 is 4.74 Å². The third-order valence-corrected chi connectivity index (χ3v) is 1.78. The smallest absolute Gasteiger partial charge is 0.406 e. The molecule has 1 rings (SSSR count). The molecular formula is C10H11F3O2. The minimum Gasteiger partial charge on any atom is -0.406 e. The normalized spacial score (nSPS) is 11.5. The van der Waals surface area contributed by atoms with Crippen LogP contribution in [0.15, 0.2) is 24.3 Å². The van der Waals surface area contributed by atoms with Crippen molar-refractivity contribution in [2.24, 2.45) is 0 Å². The molecule has 0 spiro atoms. The van der Waals surface area contributed by atoms with Crippen molar-refractivity contribution < 1.29 is 23.0 Å². The highest BCUT2D eigenvalue weighted by Gasteiger charge is 2.30. The Hall–Kier alpha value is -1.23. The zero-order valence-electron chi connectivity index (χ0n) is 7.92. The van der Waals surface area contributed by atoms with E-state index in [2.05, 4.69) is 4.74 Å². The maximum atomic E-state index is 11.8. The topological polar surface area (TPSA) is 29.5 Å². The van der Waals surface area contributed by atoms with E-state index in [4.69, 9.17) is 5.11 Å². The summed E-state index contributed by atoms with van der Waals surface area (Å²) in [6, 6.07) is 5.63.